The summed E-state index contributed by atoms with van der Waals surface area (Å²) in [6.07, 6.45) is 3.93. The number of aromatic nitrogens is 1. The maximum absolute atomic E-state index is 12.8. The first-order valence-corrected chi connectivity index (χ1v) is 9.79. The summed E-state index contributed by atoms with van der Waals surface area (Å²) >= 11 is 0. The van der Waals surface area contributed by atoms with Crippen molar-refractivity contribution in [3.63, 3.8) is 0 Å². The van der Waals surface area contributed by atoms with Gasteiger partial charge in [-0.15, -0.1) is 0 Å². The van der Waals surface area contributed by atoms with Gasteiger partial charge in [0.1, 0.15) is 17.0 Å². The fourth-order valence-electron chi connectivity index (χ4n) is 3.84. The van der Waals surface area contributed by atoms with Crippen molar-refractivity contribution in [1.82, 2.24) is 15.4 Å². The summed E-state index contributed by atoms with van der Waals surface area (Å²) in [4.78, 5) is 26.1. The zero-order valence-electron chi connectivity index (χ0n) is 15.9. The summed E-state index contributed by atoms with van der Waals surface area (Å²) < 4.78 is 5.27. The zero-order valence-corrected chi connectivity index (χ0v) is 15.9. The van der Waals surface area contributed by atoms with Crippen molar-refractivity contribution in [2.24, 2.45) is 5.92 Å². The van der Waals surface area contributed by atoms with E-state index in [-0.39, 0.29) is 24.5 Å². The molecule has 2 N–H and O–H groups in total. The number of nitrogens with one attached hydrogen (secondary N) is 1. The van der Waals surface area contributed by atoms with Gasteiger partial charge in [-0.3, -0.25) is 14.5 Å². The molecule has 0 bridgehead atoms. The molecule has 0 radical (unpaired) electrons. The quantitative estimate of drug-likeness (QED) is 0.728. The van der Waals surface area contributed by atoms with Crippen molar-refractivity contribution in [1.29, 1.82) is 0 Å². The Kier molecular flexibility index (Phi) is 5.17. The number of carbonyl (C=O) groups is 2. The van der Waals surface area contributed by atoms with E-state index in [0.29, 0.717) is 22.9 Å². The van der Waals surface area contributed by atoms with Crippen LogP contribution in [0.2, 0.25) is 0 Å². The molecule has 0 spiro atoms. The van der Waals surface area contributed by atoms with Crippen molar-refractivity contribution in [3.05, 3.63) is 41.7 Å². The molecule has 1 heterocycles. The topological polar surface area (TPSA) is 95.7 Å². The fourth-order valence-corrected chi connectivity index (χ4v) is 3.84. The molecule has 28 heavy (non-hydrogen) atoms. The molecule has 2 aliphatic carbocycles. The molecule has 1 amide bonds. The predicted molar refractivity (Wildman–Crippen MR) is 103 cm³/mol. The van der Waals surface area contributed by atoms with Crippen molar-refractivity contribution in [3.8, 4) is 11.3 Å². The number of hydrogen-bond donors (Lipinski definition) is 2. The van der Waals surface area contributed by atoms with Crippen LogP contribution >= 0.6 is 0 Å². The van der Waals surface area contributed by atoms with Gasteiger partial charge in [-0.25, -0.2) is 0 Å². The first-order chi connectivity index (χ1) is 13.5. The van der Waals surface area contributed by atoms with Crippen LogP contribution in [0.25, 0.3) is 11.3 Å². The Bertz CT molecular complexity index is 854. The number of carboxylic acids is 1. The SMILES string of the molecule is Cc1onc(-c2ccccc2)c1C(=O)NC1CC(N(CC(=O)O)CC2CC2)C1. The third kappa shape index (κ3) is 4.09. The standard InChI is InChI=1S/C21H25N3O4/c1-13-19(20(23-28-13)15-5-3-2-4-6-15)21(27)22-16-9-17(10-16)24(12-18(25)26)11-14-7-8-14/h2-6,14,16-17H,7-12H2,1H3,(H,22,27)(H,25,26). The molecule has 0 saturated heterocycles. The molecule has 148 valence electrons. The van der Waals surface area contributed by atoms with E-state index >= 15 is 0 Å². The number of carbonyl (C=O) groups excluding carboxylic acids is 1. The Hall–Kier alpha value is -2.67. The molecule has 1 aromatic carbocycles. The Morgan fingerprint density at radius 3 is 2.61 bits per heavy atom. The lowest BCUT2D eigenvalue weighted by molar-refractivity contribution is -0.139. The monoisotopic (exact) mass is 383 g/mol. The minimum Gasteiger partial charge on any atom is -0.480 e. The van der Waals surface area contributed by atoms with Gasteiger partial charge in [-0.05, 0) is 38.5 Å². The number of carboxylic acid groups (broad SMARTS) is 1. The van der Waals surface area contributed by atoms with Crippen molar-refractivity contribution in [2.45, 2.75) is 44.7 Å². The molecule has 7 heteroatoms. The van der Waals surface area contributed by atoms with E-state index in [9.17, 15) is 9.59 Å². The average molecular weight is 383 g/mol. The largest absolute Gasteiger partial charge is 0.480 e. The van der Waals surface area contributed by atoms with Gasteiger partial charge in [0, 0.05) is 24.2 Å². The van der Waals surface area contributed by atoms with E-state index in [1.165, 1.54) is 12.8 Å². The molecule has 0 unspecified atom stereocenters. The summed E-state index contributed by atoms with van der Waals surface area (Å²) in [7, 11) is 0. The van der Waals surface area contributed by atoms with E-state index in [1.54, 1.807) is 6.92 Å². The summed E-state index contributed by atoms with van der Waals surface area (Å²) in [5.74, 6) is 0.156. The molecule has 0 aliphatic heterocycles. The smallest absolute Gasteiger partial charge is 0.317 e. The third-order valence-corrected chi connectivity index (χ3v) is 5.63. The van der Waals surface area contributed by atoms with Crippen LogP contribution in [0.15, 0.2) is 34.9 Å². The lowest BCUT2D eigenvalue weighted by Gasteiger charge is -2.42. The van der Waals surface area contributed by atoms with Crippen LogP contribution in [0.1, 0.15) is 41.8 Å². The van der Waals surface area contributed by atoms with Gasteiger partial charge in [0.2, 0.25) is 0 Å². The number of rotatable bonds is 8. The summed E-state index contributed by atoms with van der Waals surface area (Å²) in [6, 6.07) is 9.77. The molecular formula is C21H25N3O4. The minimum absolute atomic E-state index is 0.0471. The van der Waals surface area contributed by atoms with Gasteiger partial charge in [-0.1, -0.05) is 35.5 Å². The predicted octanol–water partition coefficient (Wildman–Crippen LogP) is 2.71. The normalized spacial score (nSPS) is 21.4. The number of aryl methyl sites for hydroxylation is 1. The average Bonchev–Trinajstić information content (AvgIpc) is 3.36. The molecule has 2 saturated carbocycles. The second-order valence-corrected chi connectivity index (χ2v) is 7.89. The molecular weight excluding hydrogens is 358 g/mol. The molecule has 0 atom stereocenters. The number of amides is 1. The van der Waals surface area contributed by atoms with Gasteiger partial charge in [0.05, 0.1) is 6.54 Å². The van der Waals surface area contributed by atoms with Gasteiger partial charge in [-0.2, -0.15) is 0 Å². The van der Waals surface area contributed by atoms with E-state index < -0.39 is 5.97 Å². The first kappa shape index (κ1) is 18.7. The zero-order chi connectivity index (χ0) is 19.7. The van der Waals surface area contributed by atoms with Crippen LogP contribution in [0, 0.1) is 12.8 Å². The number of aliphatic carboxylic acids is 1. The first-order valence-electron chi connectivity index (χ1n) is 9.79. The number of benzene rings is 1. The number of hydrogen-bond acceptors (Lipinski definition) is 5. The maximum Gasteiger partial charge on any atom is 0.317 e. The van der Waals surface area contributed by atoms with E-state index in [0.717, 1.165) is 24.9 Å². The number of nitrogens with zero attached hydrogens (tertiary/aromatic N) is 2. The Morgan fingerprint density at radius 1 is 1.25 bits per heavy atom. The molecule has 1 aromatic heterocycles. The molecule has 2 aromatic rings. The highest BCUT2D eigenvalue weighted by atomic mass is 16.5. The van der Waals surface area contributed by atoms with Crippen LogP contribution in [-0.2, 0) is 4.79 Å². The molecule has 7 nitrogen and oxygen atoms in total. The van der Waals surface area contributed by atoms with Crippen molar-refractivity contribution < 1.29 is 19.2 Å². The lowest BCUT2D eigenvalue weighted by Crippen LogP contribution is -2.55. The van der Waals surface area contributed by atoms with Crippen LogP contribution in [0.5, 0.6) is 0 Å². The van der Waals surface area contributed by atoms with Crippen molar-refractivity contribution in [2.75, 3.05) is 13.1 Å². The molecule has 2 fully saturated rings. The lowest BCUT2D eigenvalue weighted by atomic mass is 9.85. The highest BCUT2D eigenvalue weighted by Gasteiger charge is 2.38. The van der Waals surface area contributed by atoms with Crippen LogP contribution in [-0.4, -0.2) is 52.2 Å². The van der Waals surface area contributed by atoms with Crippen molar-refractivity contribution >= 4 is 11.9 Å². The second-order valence-electron chi connectivity index (χ2n) is 7.89. The van der Waals surface area contributed by atoms with Gasteiger partial charge in [0.25, 0.3) is 5.91 Å². The minimum atomic E-state index is -0.791. The van der Waals surface area contributed by atoms with Gasteiger partial charge in [0.15, 0.2) is 0 Å². The highest BCUT2D eigenvalue weighted by molar-refractivity contribution is 6.01. The van der Waals surface area contributed by atoms with E-state index in [2.05, 4.69) is 15.4 Å². The van der Waals surface area contributed by atoms with Crippen LogP contribution < -0.4 is 5.32 Å². The van der Waals surface area contributed by atoms with Gasteiger partial charge < -0.3 is 14.9 Å². The summed E-state index contributed by atoms with van der Waals surface area (Å²) in [5, 5.41) is 16.3. The Balaban J connectivity index is 1.38. The van der Waals surface area contributed by atoms with Crippen LogP contribution in [0.4, 0.5) is 0 Å². The van der Waals surface area contributed by atoms with E-state index in [4.69, 9.17) is 9.63 Å². The fraction of sp³-hybridized carbons (Fsp3) is 0.476. The summed E-state index contributed by atoms with van der Waals surface area (Å²) in [5.41, 5.74) is 1.86. The Morgan fingerprint density at radius 2 is 1.96 bits per heavy atom. The summed E-state index contributed by atoms with van der Waals surface area (Å²) in [6.45, 7) is 2.66. The second kappa shape index (κ2) is 7.75. The van der Waals surface area contributed by atoms with E-state index in [1.807, 2.05) is 30.3 Å². The highest BCUT2D eigenvalue weighted by Crippen LogP contribution is 2.34. The molecule has 2 aliphatic rings. The Labute approximate surface area is 163 Å². The van der Waals surface area contributed by atoms with Crippen LogP contribution in [0.3, 0.4) is 0 Å². The maximum atomic E-state index is 12.8. The third-order valence-electron chi connectivity index (χ3n) is 5.63. The molecule has 4 rings (SSSR count). The van der Waals surface area contributed by atoms with Gasteiger partial charge >= 0.3 is 5.97 Å².